The zero-order valence-corrected chi connectivity index (χ0v) is 12.0. The Morgan fingerprint density at radius 1 is 1.37 bits per heavy atom. The van der Waals surface area contributed by atoms with Crippen molar-refractivity contribution in [1.82, 2.24) is 9.55 Å². The monoisotopic (exact) mass is 278 g/mol. The molecule has 0 aliphatic heterocycles. The summed E-state index contributed by atoms with van der Waals surface area (Å²) in [5, 5.41) is 0. The van der Waals surface area contributed by atoms with Crippen molar-refractivity contribution < 1.29 is 4.39 Å². The fraction of sp³-hybridized carbons (Fsp3) is 0.533. The van der Waals surface area contributed by atoms with E-state index in [1.165, 1.54) is 44.2 Å². The van der Waals surface area contributed by atoms with Gasteiger partial charge in [0.05, 0.1) is 11.0 Å². The summed E-state index contributed by atoms with van der Waals surface area (Å²) in [6.07, 6.45) is 6.21. The van der Waals surface area contributed by atoms with Crippen LogP contribution in [0.5, 0.6) is 0 Å². The van der Waals surface area contributed by atoms with E-state index in [-0.39, 0.29) is 5.82 Å². The maximum absolute atomic E-state index is 13.3. The predicted octanol–water partition coefficient (Wildman–Crippen LogP) is 4.98. The first-order chi connectivity index (χ1) is 9.20. The molecule has 3 rings (SSSR count). The van der Waals surface area contributed by atoms with E-state index < -0.39 is 0 Å². The van der Waals surface area contributed by atoms with Gasteiger partial charge < -0.3 is 9.55 Å². The molecule has 1 N–H and O–H groups in total. The standard InChI is InChI=1S/C15H19FN2S/c1-2-10-5-3-4-6-13(10)18-14-8-7-11(16)9-12(14)17-15(18)19/h7-10,13H,2-6H2,1H3,(H,17,19). The Kier molecular flexibility index (Phi) is 3.44. The highest BCUT2D eigenvalue weighted by Crippen LogP contribution is 2.37. The topological polar surface area (TPSA) is 20.7 Å². The van der Waals surface area contributed by atoms with Gasteiger partial charge in [0.1, 0.15) is 5.82 Å². The average molecular weight is 278 g/mol. The lowest BCUT2D eigenvalue weighted by molar-refractivity contribution is 0.235. The number of benzene rings is 1. The van der Waals surface area contributed by atoms with Gasteiger partial charge in [-0.05, 0) is 49.2 Å². The minimum Gasteiger partial charge on any atom is -0.330 e. The van der Waals surface area contributed by atoms with Gasteiger partial charge >= 0.3 is 0 Å². The van der Waals surface area contributed by atoms with Gasteiger partial charge in [0.25, 0.3) is 0 Å². The van der Waals surface area contributed by atoms with Crippen LogP contribution in [0.1, 0.15) is 45.1 Å². The number of H-pyrrole nitrogens is 1. The summed E-state index contributed by atoms with van der Waals surface area (Å²) in [5.74, 6) is 0.469. The number of rotatable bonds is 2. The van der Waals surface area contributed by atoms with Crippen LogP contribution in [0, 0.1) is 16.5 Å². The first-order valence-electron chi connectivity index (χ1n) is 7.10. The van der Waals surface area contributed by atoms with Crippen LogP contribution in [0.4, 0.5) is 4.39 Å². The second kappa shape index (κ2) is 5.08. The first kappa shape index (κ1) is 12.9. The number of nitrogens with one attached hydrogen (secondary N) is 1. The van der Waals surface area contributed by atoms with E-state index in [2.05, 4.69) is 16.5 Å². The summed E-state index contributed by atoms with van der Waals surface area (Å²) >= 11 is 5.46. The maximum atomic E-state index is 13.3. The van der Waals surface area contributed by atoms with Gasteiger partial charge in [-0.25, -0.2) is 4.39 Å². The van der Waals surface area contributed by atoms with Gasteiger partial charge in [-0.1, -0.05) is 26.2 Å². The van der Waals surface area contributed by atoms with E-state index >= 15 is 0 Å². The number of halogens is 1. The van der Waals surface area contributed by atoms with Gasteiger partial charge in [0.15, 0.2) is 4.77 Å². The molecule has 0 spiro atoms. The predicted molar refractivity (Wildman–Crippen MR) is 78.4 cm³/mol. The van der Waals surface area contributed by atoms with E-state index in [0.717, 1.165) is 15.8 Å². The van der Waals surface area contributed by atoms with Crippen molar-refractivity contribution in [1.29, 1.82) is 0 Å². The first-order valence-corrected chi connectivity index (χ1v) is 7.51. The van der Waals surface area contributed by atoms with E-state index in [1.54, 1.807) is 0 Å². The van der Waals surface area contributed by atoms with Crippen molar-refractivity contribution in [3.8, 4) is 0 Å². The van der Waals surface area contributed by atoms with Crippen molar-refractivity contribution in [2.24, 2.45) is 5.92 Å². The third kappa shape index (κ3) is 2.22. The molecule has 0 bridgehead atoms. The van der Waals surface area contributed by atoms with Crippen molar-refractivity contribution in [2.75, 3.05) is 0 Å². The fourth-order valence-corrected chi connectivity index (χ4v) is 3.78. The minimum atomic E-state index is -0.216. The van der Waals surface area contributed by atoms with E-state index in [4.69, 9.17) is 12.2 Å². The second-order valence-corrected chi connectivity index (χ2v) is 5.87. The molecule has 1 aliphatic rings. The molecule has 1 aromatic heterocycles. The van der Waals surface area contributed by atoms with Gasteiger partial charge in [-0.15, -0.1) is 0 Å². The molecule has 1 fully saturated rings. The van der Waals surface area contributed by atoms with Crippen LogP contribution >= 0.6 is 12.2 Å². The Bertz CT molecular complexity index is 643. The zero-order valence-electron chi connectivity index (χ0n) is 11.2. The molecule has 0 radical (unpaired) electrons. The summed E-state index contributed by atoms with van der Waals surface area (Å²) < 4.78 is 16.2. The highest BCUT2D eigenvalue weighted by atomic mass is 32.1. The van der Waals surface area contributed by atoms with E-state index in [0.29, 0.717) is 12.0 Å². The third-order valence-corrected chi connectivity index (χ3v) is 4.70. The maximum Gasteiger partial charge on any atom is 0.178 e. The molecule has 102 valence electrons. The van der Waals surface area contributed by atoms with Crippen molar-refractivity contribution in [2.45, 2.75) is 45.1 Å². The van der Waals surface area contributed by atoms with E-state index in [9.17, 15) is 4.39 Å². The van der Waals surface area contributed by atoms with Crippen LogP contribution in [0.25, 0.3) is 11.0 Å². The SMILES string of the molecule is CCC1CCCCC1n1c(=S)[nH]c2cc(F)ccc21. The van der Waals surface area contributed by atoms with Crippen LogP contribution < -0.4 is 0 Å². The van der Waals surface area contributed by atoms with Gasteiger partial charge in [-0.2, -0.15) is 0 Å². The molecule has 4 heteroatoms. The lowest BCUT2D eigenvalue weighted by atomic mass is 9.82. The smallest absolute Gasteiger partial charge is 0.178 e. The van der Waals surface area contributed by atoms with Gasteiger partial charge in [-0.3, -0.25) is 0 Å². The molecule has 0 amide bonds. The number of imidazole rings is 1. The van der Waals surface area contributed by atoms with Crippen molar-refractivity contribution in [3.05, 3.63) is 28.8 Å². The Morgan fingerprint density at radius 2 is 2.16 bits per heavy atom. The molecule has 2 unspecified atom stereocenters. The number of hydrogen-bond acceptors (Lipinski definition) is 1. The zero-order chi connectivity index (χ0) is 13.4. The molecular weight excluding hydrogens is 259 g/mol. The second-order valence-electron chi connectivity index (χ2n) is 5.48. The molecule has 1 aliphatic carbocycles. The quantitative estimate of drug-likeness (QED) is 0.768. The summed E-state index contributed by atoms with van der Waals surface area (Å²) in [6.45, 7) is 2.25. The third-order valence-electron chi connectivity index (χ3n) is 4.40. The summed E-state index contributed by atoms with van der Waals surface area (Å²) in [4.78, 5) is 3.15. The average Bonchev–Trinajstić information content (AvgIpc) is 2.73. The molecule has 2 aromatic rings. The van der Waals surface area contributed by atoms with Crippen molar-refractivity contribution >= 4 is 23.3 Å². The molecule has 19 heavy (non-hydrogen) atoms. The summed E-state index contributed by atoms with van der Waals surface area (Å²) in [7, 11) is 0. The Morgan fingerprint density at radius 3 is 2.95 bits per heavy atom. The highest BCUT2D eigenvalue weighted by molar-refractivity contribution is 7.71. The molecular formula is C15H19FN2S. The van der Waals surface area contributed by atoms with Crippen LogP contribution in [0.15, 0.2) is 18.2 Å². The van der Waals surface area contributed by atoms with Crippen LogP contribution in [-0.2, 0) is 0 Å². The largest absolute Gasteiger partial charge is 0.330 e. The Hall–Kier alpha value is -1.16. The van der Waals surface area contributed by atoms with Gasteiger partial charge in [0.2, 0.25) is 0 Å². The number of aromatic nitrogens is 2. The lowest BCUT2D eigenvalue weighted by Crippen LogP contribution is -2.22. The molecule has 1 heterocycles. The number of nitrogens with zero attached hydrogens (tertiary/aromatic N) is 1. The fourth-order valence-electron chi connectivity index (χ4n) is 3.44. The Balaban J connectivity index is 2.13. The van der Waals surface area contributed by atoms with Crippen LogP contribution in [0.2, 0.25) is 0 Å². The number of aromatic amines is 1. The summed E-state index contributed by atoms with van der Waals surface area (Å²) in [6, 6.07) is 5.36. The highest BCUT2D eigenvalue weighted by Gasteiger charge is 2.26. The van der Waals surface area contributed by atoms with Crippen LogP contribution in [-0.4, -0.2) is 9.55 Å². The van der Waals surface area contributed by atoms with E-state index in [1.807, 2.05) is 6.07 Å². The lowest BCUT2D eigenvalue weighted by Gasteiger charge is -2.32. The number of fused-ring (bicyclic) bond motifs is 1. The molecule has 0 saturated heterocycles. The number of hydrogen-bond donors (Lipinski definition) is 1. The molecule has 2 atom stereocenters. The summed E-state index contributed by atoms with van der Waals surface area (Å²) in [5.41, 5.74) is 1.85. The van der Waals surface area contributed by atoms with Crippen molar-refractivity contribution in [3.63, 3.8) is 0 Å². The molecule has 1 aromatic carbocycles. The Labute approximate surface area is 117 Å². The molecule has 1 saturated carbocycles. The normalized spacial score (nSPS) is 23.9. The molecule has 2 nitrogen and oxygen atoms in total. The van der Waals surface area contributed by atoms with Crippen LogP contribution in [0.3, 0.4) is 0 Å². The minimum absolute atomic E-state index is 0.216. The van der Waals surface area contributed by atoms with Gasteiger partial charge in [0, 0.05) is 6.04 Å².